The van der Waals surface area contributed by atoms with E-state index in [1.165, 1.54) is 0 Å². The SMILES string of the molecule is CC=C1[Si](C)(C)C=C[Si]1(C)C. The molecule has 0 N–H and O–H groups in total. The molecule has 1 rings (SSSR count). The zero-order valence-corrected chi connectivity index (χ0v) is 10.2. The summed E-state index contributed by atoms with van der Waals surface area (Å²) in [5.41, 5.74) is 5.02. The van der Waals surface area contributed by atoms with Crippen molar-refractivity contribution >= 4 is 16.1 Å². The van der Waals surface area contributed by atoms with Crippen molar-refractivity contribution < 1.29 is 0 Å². The third-order valence-corrected chi connectivity index (χ3v) is 12.1. The molecule has 1 heterocycles. The fourth-order valence-electron chi connectivity index (χ4n) is 2.17. The van der Waals surface area contributed by atoms with Gasteiger partial charge in [0.25, 0.3) is 0 Å². The zero-order valence-electron chi connectivity index (χ0n) is 8.23. The second-order valence-electron chi connectivity index (χ2n) is 4.48. The van der Waals surface area contributed by atoms with Gasteiger partial charge in [-0.2, -0.15) is 0 Å². The van der Waals surface area contributed by atoms with E-state index in [4.69, 9.17) is 0 Å². The van der Waals surface area contributed by atoms with Gasteiger partial charge in [0.05, 0.1) is 16.1 Å². The molecule has 1 aliphatic rings. The summed E-state index contributed by atoms with van der Waals surface area (Å²) in [6.07, 6.45) is 2.37. The fourth-order valence-corrected chi connectivity index (χ4v) is 14.5. The molecule has 0 saturated heterocycles. The molecule has 2 heteroatoms. The maximum absolute atomic E-state index is 2.51. The van der Waals surface area contributed by atoms with Crippen molar-refractivity contribution in [2.75, 3.05) is 0 Å². The van der Waals surface area contributed by atoms with Gasteiger partial charge in [0.1, 0.15) is 0 Å². The summed E-state index contributed by atoms with van der Waals surface area (Å²) in [5, 5.41) is 0. The summed E-state index contributed by atoms with van der Waals surface area (Å²) >= 11 is 0. The van der Waals surface area contributed by atoms with Crippen LogP contribution in [0.1, 0.15) is 6.92 Å². The first kappa shape index (κ1) is 9.01. The number of hydrogen-bond acceptors (Lipinski definition) is 0. The van der Waals surface area contributed by atoms with Gasteiger partial charge in [-0.3, -0.25) is 0 Å². The van der Waals surface area contributed by atoms with Crippen LogP contribution < -0.4 is 0 Å². The third-order valence-electron chi connectivity index (χ3n) is 2.59. The number of hydrogen-bond donors (Lipinski definition) is 0. The quantitative estimate of drug-likeness (QED) is 0.505. The predicted molar refractivity (Wildman–Crippen MR) is 57.9 cm³/mol. The van der Waals surface area contributed by atoms with E-state index in [0.717, 1.165) is 0 Å². The van der Waals surface area contributed by atoms with Gasteiger partial charge in [-0.1, -0.05) is 48.5 Å². The van der Waals surface area contributed by atoms with Crippen molar-refractivity contribution in [3.05, 3.63) is 22.3 Å². The molecule has 0 atom stereocenters. The van der Waals surface area contributed by atoms with E-state index in [2.05, 4.69) is 50.6 Å². The Labute approximate surface area is 72.0 Å². The highest BCUT2D eigenvalue weighted by Crippen LogP contribution is 2.33. The standard InChI is InChI=1S/C9H18Si2/c1-6-9-10(2,3)7-8-11(9,4)5/h6-8H,1-5H3. The molecule has 0 amide bonds. The Morgan fingerprint density at radius 3 is 1.55 bits per heavy atom. The first-order valence-corrected chi connectivity index (χ1v) is 10.4. The largest absolute Gasteiger partial charge is 0.0983 e. The van der Waals surface area contributed by atoms with Crippen molar-refractivity contribution in [1.82, 2.24) is 0 Å². The first-order chi connectivity index (χ1) is 4.90. The maximum Gasteiger partial charge on any atom is 0.0942 e. The minimum atomic E-state index is -1.06. The van der Waals surface area contributed by atoms with E-state index < -0.39 is 16.1 Å². The first-order valence-electron chi connectivity index (χ1n) is 4.28. The monoisotopic (exact) mass is 182 g/mol. The molecule has 0 aromatic rings. The maximum atomic E-state index is 2.51. The van der Waals surface area contributed by atoms with Crippen LogP contribution in [0.2, 0.25) is 26.2 Å². The van der Waals surface area contributed by atoms with E-state index in [-0.39, 0.29) is 0 Å². The van der Waals surface area contributed by atoms with Crippen LogP contribution in [0.4, 0.5) is 0 Å². The number of rotatable bonds is 0. The molecule has 0 bridgehead atoms. The number of allylic oxidation sites excluding steroid dienone is 1. The van der Waals surface area contributed by atoms with Gasteiger partial charge in [0.2, 0.25) is 0 Å². The van der Waals surface area contributed by atoms with Crippen molar-refractivity contribution in [3.8, 4) is 0 Å². The van der Waals surface area contributed by atoms with Crippen LogP contribution in [0, 0.1) is 0 Å². The second-order valence-corrected chi connectivity index (χ2v) is 13.6. The Morgan fingerprint density at radius 1 is 1.00 bits per heavy atom. The third kappa shape index (κ3) is 1.42. The Bertz CT molecular complexity index is 202. The van der Waals surface area contributed by atoms with E-state index >= 15 is 0 Å². The highest BCUT2D eigenvalue weighted by Gasteiger charge is 2.38. The minimum absolute atomic E-state index is 1.06. The lowest BCUT2D eigenvalue weighted by molar-refractivity contribution is 1.66. The highest BCUT2D eigenvalue weighted by atomic mass is 28.4. The summed E-state index contributed by atoms with van der Waals surface area (Å²) in [4.78, 5) is 1.81. The van der Waals surface area contributed by atoms with Crippen LogP contribution >= 0.6 is 0 Å². The molecule has 0 nitrogen and oxygen atoms in total. The van der Waals surface area contributed by atoms with Crippen LogP contribution in [0.3, 0.4) is 0 Å². The molecule has 62 valence electrons. The molecule has 1 aliphatic heterocycles. The van der Waals surface area contributed by atoms with Crippen LogP contribution in [0.15, 0.2) is 22.3 Å². The van der Waals surface area contributed by atoms with Crippen LogP contribution in [-0.4, -0.2) is 16.1 Å². The molecule has 0 aliphatic carbocycles. The highest BCUT2D eigenvalue weighted by molar-refractivity contribution is 7.13. The molecule has 0 saturated carbocycles. The Hall–Kier alpha value is -0.0862. The predicted octanol–water partition coefficient (Wildman–Crippen LogP) is 3.08. The van der Waals surface area contributed by atoms with Gasteiger partial charge in [-0.05, 0) is 6.92 Å². The van der Waals surface area contributed by atoms with Crippen molar-refractivity contribution in [2.24, 2.45) is 0 Å². The molecule has 0 spiro atoms. The van der Waals surface area contributed by atoms with Gasteiger partial charge in [-0.15, -0.1) is 0 Å². The summed E-state index contributed by atoms with van der Waals surface area (Å²) in [7, 11) is -2.13. The van der Waals surface area contributed by atoms with E-state index in [9.17, 15) is 0 Å². The molecule has 0 radical (unpaired) electrons. The molecule has 0 aromatic heterocycles. The molecule has 0 unspecified atom stereocenters. The molecule has 0 fully saturated rings. The lowest BCUT2D eigenvalue weighted by Gasteiger charge is -2.24. The zero-order chi connectivity index (χ0) is 8.70. The molecular formula is C9H18Si2. The van der Waals surface area contributed by atoms with E-state index in [1.54, 1.807) is 0 Å². The molecule has 11 heavy (non-hydrogen) atoms. The van der Waals surface area contributed by atoms with Gasteiger partial charge in [0, 0.05) is 0 Å². The molecule has 0 aromatic carbocycles. The van der Waals surface area contributed by atoms with Gasteiger partial charge >= 0.3 is 0 Å². The normalized spacial score (nSPS) is 25.7. The summed E-state index contributed by atoms with van der Waals surface area (Å²) < 4.78 is 0. The Kier molecular flexibility index (Phi) is 2.01. The van der Waals surface area contributed by atoms with E-state index in [0.29, 0.717) is 0 Å². The van der Waals surface area contributed by atoms with Crippen LogP contribution in [-0.2, 0) is 0 Å². The van der Waals surface area contributed by atoms with Gasteiger partial charge in [-0.25, -0.2) is 0 Å². The Balaban J connectivity index is 3.09. The topological polar surface area (TPSA) is 0 Å². The van der Waals surface area contributed by atoms with E-state index in [1.807, 2.05) is 4.82 Å². The average molecular weight is 182 g/mol. The average Bonchev–Trinajstić information content (AvgIpc) is 2.03. The minimum Gasteiger partial charge on any atom is -0.0983 e. The lowest BCUT2D eigenvalue weighted by Crippen LogP contribution is -2.35. The summed E-state index contributed by atoms with van der Waals surface area (Å²) in [6.45, 7) is 12.0. The van der Waals surface area contributed by atoms with Crippen molar-refractivity contribution in [2.45, 2.75) is 33.1 Å². The van der Waals surface area contributed by atoms with Gasteiger partial charge < -0.3 is 0 Å². The summed E-state index contributed by atoms with van der Waals surface area (Å²) in [5.74, 6) is 0. The van der Waals surface area contributed by atoms with Crippen molar-refractivity contribution in [3.63, 3.8) is 0 Å². The second kappa shape index (κ2) is 2.45. The summed E-state index contributed by atoms with van der Waals surface area (Å²) in [6, 6.07) is 0. The van der Waals surface area contributed by atoms with Gasteiger partial charge in [0.15, 0.2) is 0 Å². The Morgan fingerprint density at radius 2 is 1.36 bits per heavy atom. The van der Waals surface area contributed by atoms with Crippen molar-refractivity contribution in [1.29, 1.82) is 0 Å². The van der Waals surface area contributed by atoms with Crippen LogP contribution in [0.5, 0.6) is 0 Å². The smallest absolute Gasteiger partial charge is 0.0942 e. The lowest BCUT2D eigenvalue weighted by atomic mass is 10.8. The fraction of sp³-hybridized carbons (Fsp3) is 0.556. The van der Waals surface area contributed by atoms with Crippen LogP contribution in [0.25, 0.3) is 0 Å². The molecular weight excluding hydrogens is 164 g/mol.